The lowest BCUT2D eigenvalue weighted by Gasteiger charge is -2.18. The summed E-state index contributed by atoms with van der Waals surface area (Å²) in [5.74, 6) is 0.137. The summed E-state index contributed by atoms with van der Waals surface area (Å²) in [6, 6.07) is 6.15. The van der Waals surface area contributed by atoms with Crippen molar-refractivity contribution in [2.45, 2.75) is 32.7 Å². The number of aryl methyl sites for hydroxylation is 2. The smallest absolute Gasteiger partial charge is 0.149 e. The van der Waals surface area contributed by atoms with Crippen molar-refractivity contribution in [3.63, 3.8) is 0 Å². The predicted octanol–water partition coefficient (Wildman–Crippen LogP) is 2.12. The first kappa shape index (κ1) is 15.2. The van der Waals surface area contributed by atoms with Crippen molar-refractivity contribution >= 4 is 9.84 Å². The Morgan fingerprint density at radius 1 is 1.17 bits per heavy atom. The van der Waals surface area contributed by atoms with Crippen LogP contribution in [0.2, 0.25) is 0 Å². The molecule has 1 aromatic carbocycles. The van der Waals surface area contributed by atoms with Crippen LogP contribution in [0.1, 0.15) is 36.6 Å². The molecule has 0 amide bonds. The van der Waals surface area contributed by atoms with E-state index in [4.69, 9.17) is 0 Å². The Morgan fingerprint density at radius 2 is 1.78 bits per heavy atom. The van der Waals surface area contributed by atoms with Gasteiger partial charge in [0, 0.05) is 12.3 Å². The van der Waals surface area contributed by atoms with Gasteiger partial charge in [0.05, 0.1) is 5.75 Å². The van der Waals surface area contributed by atoms with E-state index in [1.54, 1.807) is 7.05 Å². The maximum Gasteiger partial charge on any atom is 0.149 e. The van der Waals surface area contributed by atoms with Crippen molar-refractivity contribution in [2.75, 3.05) is 19.1 Å². The zero-order valence-electron chi connectivity index (χ0n) is 11.7. The summed E-state index contributed by atoms with van der Waals surface area (Å²) in [6.45, 7) is 4.27. The van der Waals surface area contributed by atoms with Crippen LogP contribution < -0.4 is 5.32 Å². The van der Waals surface area contributed by atoms with Crippen molar-refractivity contribution in [1.82, 2.24) is 5.32 Å². The summed E-state index contributed by atoms with van der Waals surface area (Å²) in [6.07, 6.45) is 3.27. The highest BCUT2D eigenvalue weighted by Crippen LogP contribution is 2.20. The van der Waals surface area contributed by atoms with Crippen LogP contribution in [-0.2, 0) is 22.7 Å². The van der Waals surface area contributed by atoms with Crippen molar-refractivity contribution in [2.24, 2.45) is 0 Å². The molecule has 18 heavy (non-hydrogen) atoms. The first-order valence-electron chi connectivity index (χ1n) is 6.38. The quantitative estimate of drug-likeness (QED) is 0.860. The van der Waals surface area contributed by atoms with Gasteiger partial charge in [-0.3, -0.25) is 0 Å². The lowest BCUT2D eigenvalue weighted by Crippen LogP contribution is -2.24. The minimum Gasteiger partial charge on any atom is -0.312 e. The van der Waals surface area contributed by atoms with Crippen molar-refractivity contribution in [3.8, 4) is 0 Å². The summed E-state index contributed by atoms with van der Waals surface area (Å²) < 4.78 is 22.8. The predicted molar refractivity (Wildman–Crippen MR) is 76.7 cm³/mol. The second-order valence-electron chi connectivity index (χ2n) is 4.67. The number of sulfone groups is 1. The topological polar surface area (TPSA) is 46.2 Å². The Kier molecular flexibility index (Phi) is 5.35. The Morgan fingerprint density at radius 3 is 2.22 bits per heavy atom. The molecule has 4 heteroatoms. The van der Waals surface area contributed by atoms with Crippen LogP contribution in [-0.4, -0.2) is 27.5 Å². The molecule has 102 valence electrons. The Labute approximate surface area is 111 Å². The fraction of sp³-hybridized carbons (Fsp3) is 0.571. The van der Waals surface area contributed by atoms with Gasteiger partial charge < -0.3 is 5.32 Å². The molecule has 0 saturated heterocycles. The average Bonchev–Trinajstić information content (AvgIpc) is 2.34. The maximum absolute atomic E-state index is 11.4. The standard InChI is InChI=1S/C14H23NO2S/c1-5-11-7-8-13(9-12(11)6-2)14(15-3)10-18(4,16)17/h7-9,14-15H,5-6,10H2,1-4H3. The molecule has 0 saturated carbocycles. The fourth-order valence-electron chi connectivity index (χ4n) is 2.19. The molecular weight excluding hydrogens is 246 g/mol. The van der Waals surface area contributed by atoms with Crippen molar-refractivity contribution < 1.29 is 8.42 Å². The lowest BCUT2D eigenvalue weighted by molar-refractivity contribution is 0.579. The molecule has 1 unspecified atom stereocenters. The molecule has 0 aliphatic carbocycles. The van der Waals surface area contributed by atoms with E-state index in [1.165, 1.54) is 17.4 Å². The van der Waals surface area contributed by atoms with Crippen molar-refractivity contribution in [1.29, 1.82) is 0 Å². The number of rotatable bonds is 6. The van der Waals surface area contributed by atoms with Crippen LogP contribution >= 0.6 is 0 Å². The number of nitrogens with one attached hydrogen (secondary N) is 1. The highest BCUT2D eigenvalue weighted by molar-refractivity contribution is 7.90. The van der Waals surface area contributed by atoms with Gasteiger partial charge in [-0.15, -0.1) is 0 Å². The number of benzene rings is 1. The molecule has 0 bridgehead atoms. The summed E-state index contributed by atoms with van der Waals surface area (Å²) >= 11 is 0. The normalized spacial score (nSPS) is 13.6. The van der Waals surface area contributed by atoms with Gasteiger partial charge in [-0.1, -0.05) is 32.0 Å². The third-order valence-electron chi connectivity index (χ3n) is 3.21. The molecule has 0 heterocycles. The second-order valence-corrected chi connectivity index (χ2v) is 6.85. The third kappa shape index (κ3) is 4.10. The highest BCUT2D eigenvalue weighted by Gasteiger charge is 2.16. The summed E-state index contributed by atoms with van der Waals surface area (Å²) in [5.41, 5.74) is 3.70. The minimum atomic E-state index is -2.98. The Hall–Kier alpha value is -0.870. The van der Waals surface area contributed by atoms with Crippen LogP contribution in [0.3, 0.4) is 0 Å². The molecule has 3 nitrogen and oxygen atoms in total. The van der Waals surface area contributed by atoms with Gasteiger partial charge in [-0.05, 0) is 36.6 Å². The van der Waals surface area contributed by atoms with Gasteiger partial charge in [0.1, 0.15) is 9.84 Å². The minimum absolute atomic E-state index is 0.129. The third-order valence-corrected chi connectivity index (χ3v) is 4.15. The highest BCUT2D eigenvalue weighted by atomic mass is 32.2. The maximum atomic E-state index is 11.4. The molecule has 1 N–H and O–H groups in total. The van der Waals surface area contributed by atoms with E-state index in [0.29, 0.717) is 0 Å². The summed E-state index contributed by atoms with van der Waals surface area (Å²) in [4.78, 5) is 0. The molecule has 0 aliphatic rings. The Balaban J connectivity index is 3.07. The fourth-order valence-corrected chi connectivity index (χ4v) is 3.15. The van der Waals surface area contributed by atoms with Gasteiger partial charge >= 0.3 is 0 Å². The average molecular weight is 269 g/mol. The molecule has 0 fully saturated rings. The van der Waals surface area contributed by atoms with E-state index in [2.05, 4.69) is 31.3 Å². The molecule has 0 aromatic heterocycles. The van der Waals surface area contributed by atoms with Gasteiger partial charge in [-0.2, -0.15) is 0 Å². The SMILES string of the molecule is CCc1ccc(C(CS(C)(=O)=O)NC)cc1CC. The van der Waals surface area contributed by atoms with E-state index in [-0.39, 0.29) is 11.8 Å². The Bertz CT molecular complexity index is 495. The van der Waals surface area contributed by atoms with Crippen LogP contribution in [0.25, 0.3) is 0 Å². The molecule has 0 radical (unpaired) electrons. The van der Waals surface area contributed by atoms with Crippen LogP contribution in [0.5, 0.6) is 0 Å². The van der Waals surface area contributed by atoms with Crippen LogP contribution in [0.15, 0.2) is 18.2 Å². The first-order chi connectivity index (χ1) is 8.41. The molecule has 0 spiro atoms. The number of hydrogen-bond acceptors (Lipinski definition) is 3. The zero-order chi connectivity index (χ0) is 13.8. The summed E-state index contributed by atoms with van der Waals surface area (Å²) in [5, 5.41) is 3.08. The van der Waals surface area contributed by atoms with E-state index in [1.807, 2.05) is 6.07 Å². The second kappa shape index (κ2) is 6.34. The van der Waals surface area contributed by atoms with Crippen molar-refractivity contribution in [3.05, 3.63) is 34.9 Å². The summed E-state index contributed by atoms with van der Waals surface area (Å²) in [7, 11) is -1.18. The molecule has 1 rings (SSSR count). The van der Waals surface area contributed by atoms with Gasteiger partial charge in [0.2, 0.25) is 0 Å². The number of hydrogen-bond donors (Lipinski definition) is 1. The molecule has 1 atom stereocenters. The molecular formula is C14H23NO2S. The largest absolute Gasteiger partial charge is 0.312 e. The molecule has 0 aliphatic heterocycles. The van der Waals surface area contributed by atoms with Crippen LogP contribution in [0, 0.1) is 0 Å². The first-order valence-corrected chi connectivity index (χ1v) is 8.44. The van der Waals surface area contributed by atoms with Gasteiger partial charge in [0.15, 0.2) is 0 Å². The van der Waals surface area contributed by atoms with E-state index in [9.17, 15) is 8.42 Å². The van der Waals surface area contributed by atoms with Crippen LogP contribution in [0.4, 0.5) is 0 Å². The van der Waals surface area contributed by atoms with E-state index in [0.717, 1.165) is 18.4 Å². The monoisotopic (exact) mass is 269 g/mol. The van der Waals surface area contributed by atoms with Gasteiger partial charge in [-0.25, -0.2) is 8.42 Å². The lowest BCUT2D eigenvalue weighted by atomic mass is 9.97. The van der Waals surface area contributed by atoms with Gasteiger partial charge in [0.25, 0.3) is 0 Å². The zero-order valence-corrected chi connectivity index (χ0v) is 12.5. The van der Waals surface area contributed by atoms with E-state index >= 15 is 0 Å². The van der Waals surface area contributed by atoms with E-state index < -0.39 is 9.84 Å². The molecule has 1 aromatic rings.